The van der Waals surface area contributed by atoms with Gasteiger partial charge in [-0.2, -0.15) is 5.26 Å². The molecule has 1 aliphatic carbocycles. The van der Waals surface area contributed by atoms with Crippen LogP contribution in [0.2, 0.25) is 0 Å². The number of nitrogens with zero attached hydrogens (tertiary/aromatic N) is 3. The standard InChI is InChI=1S/C18H18N4O/c1-12-13(10-19)7-5-8-15(12)17(23)22-18-20-11-14-6-3-2-4-9-16(14)21-18/h5,7-8,11H,2-4,6,9H2,1H3,(H,20,21,22,23). The van der Waals surface area contributed by atoms with Crippen LogP contribution in [-0.4, -0.2) is 15.9 Å². The van der Waals surface area contributed by atoms with Gasteiger partial charge < -0.3 is 0 Å². The Morgan fingerprint density at radius 2 is 2.09 bits per heavy atom. The molecule has 1 aromatic heterocycles. The van der Waals surface area contributed by atoms with Gasteiger partial charge in [0.15, 0.2) is 0 Å². The summed E-state index contributed by atoms with van der Waals surface area (Å²) in [6.07, 6.45) is 7.26. The van der Waals surface area contributed by atoms with E-state index in [1.54, 1.807) is 25.1 Å². The van der Waals surface area contributed by atoms with Gasteiger partial charge in [-0.05, 0) is 55.9 Å². The fourth-order valence-corrected chi connectivity index (χ4v) is 2.88. The highest BCUT2D eigenvalue weighted by molar-refractivity contribution is 6.04. The number of nitrogens with one attached hydrogen (secondary N) is 1. The van der Waals surface area contributed by atoms with Crippen LogP contribution in [0.15, 0.2) is 24.4 Å². The quantitative estimate of drug-likeness (QED) is 0.864. The number of anilines is 1. The number of nitriles is 1. The number of hydrogen-bond donors (Lipinski definition) is 1. The van der Waals surface area contributed by atoms with Crippen LogP contribution < -0.4 is 5.32 Å². The van der Waals surface area contributed by atoms with Gasteiger partial charge in [-0.15, -0.1) is 0 Å². The van der Waals surface area contributed by atoms with Gasteiger partial charge in [-0.25, -0.2) is 9.97 Å². The Kier molecular flexibility index (Phi) is 4.33. The van der Waals surface area contributed by atoms with E-state index in [4.69, 9.17) is 5.26 Å². The van der Waals surface area contributed by atoms with E-state index < -0.39 is 0 Å². The first-order valence-electron chi connectivity index (χ1n) is 7.85. The minimum atomic E-state index is -0.284. The highest BCUT2D eigenvalue weighted by Crippen LogP contribution is 2.20. The van der Waals surface area contributed by atoms with Gasteiger partial charge >= 0.3 is 0 Å². The minimum Gasteiger partial charge on any atom is -0.290 e. The summed E-state index contributed by atoms with van der Waals surface area (Å²) in [4.78, 5) is 21.2. The molecule has 0 fully saturated rings. The van der Waals surface area contributed by atoms with E-state index in [1.165, 1.54) is 18.4 Å². The zero-order valence-electron chi connectivity index (χ0n) is 13.1. The predicted octanol–water partition coefficient (Wildman–Crippen LogP) is 3.18. The lowest BCUT2D eigenvalue weighted by atomic mass is 10.0. The molecule has 0 saturated carbocycles. The molecule has 3 rings (SSSR count). The van der Waals surface area contributed by atoms with Crippen molar-refractivity contribution in [1.82, 2.24) is 9.97 Å². The highest BCUT2D eigenvalue weighted by atomic mass is 16.1. The summed E-state index contributed by atoms with van der Waals surface area (Å²) in [5.41, 5.74) is 3.86. The van der Waals surface area contributed by atoms with Crippen molar-refractivity contribution in [3.63, 3.8) is 0 Å². The number of carbonyl (C=O) groups is 1. The Bertz CT molecular complexity index is 792. The molecule has 5 nitrogen and oxygen atoms in total. The van der Waals surface area contributed by atoms with Crippen molar-refractivity contribution >= 4 is 11.9 Å². The average molecular weight is 306 g/mol. The lowest BCUT2D eigenvalue weighted by molar-refractivity contribution is 0.102. The number of carbonyl (C=O) groups excluding carboxylic acids is 1. The van der Waals surface area contributed by atoms with Crippen molar-refractivity contribution in [2.24, 2.45) is 0 Å². The molecule has 23 heavy (non-hydrogen) atoms. The maximum absolute atomic E-state index is 12.4. The average Bonchev–Trinajstić information content (AvgIpc) is 2.80. The van der Waals surface area contributed by atoms with Crippen molar-refractivity contribution in [1.29, 1.82) is 5.26 Å². The van der Waals surface area contributed by atoms with Gasteiger partial charge in [0.05, 0.1) is 11.6 Å². The molecule has 1 amide bonds. The molecule has 0 unspecified atom stereocenters. The van der Waals surface area contributed by atoms with Gasteiger partial charge in [0.1, 0.15) is 0 Å². The zero-order chi connectivity index (χ0) is 16.2. The van der Waals surface area contributed by atoms with Crippen LogP contribution >= 0.6 is 0 Å². The van der Waals surface area contributed by atoms with E-state index in [1.807, 2.05) is 6.20 Å². The first kappa shape index (κ1) is 15.2. The predicted molar refractivity (Wildman–Crippen MR) is 87.1 cm³/mol. The van der Waals surface area contributed by atoms with Gasteiger partial charge in [0.25, 0.3) is 5.91 Å². The van der Waals surface area contributed by atoms with Crippen LogP contribution in [0.1, 0.15) is 52.0 Å². The zero-order valence-corrected chi connectivity index (χ0v) is 13.1. The Balaban J connectivity index is 1.84. The molecule has 0 spiro atoms. The third kappa shape index (κ3) is 3.21. The molecule has 1 aliphatic rings. The van der Waals surface area contributed by atoms with Crippen molar-refractivity contribution in [3.8, 4) is 6.07 Å². The van der Waals surface area contributed by atoms with Gasteiger partial charge in [0.2, 0.25) is 5.95 Å². The van der Waals surface area contributed by atoms with Crippen molar-refractivity contribution in [2.75, 3.05) is 5.32 Å². The maximum Gasteiger partial charge on any atom is 0.258 e. The number of rotatable bonds is 2. The smallest absolute Gasteiger partial charge is 0.258 e. The van der Waals surface area contributed by atoms with E-state index in [2.05, 4.69) is 21.4 Å². The number of benzene rings is 1. The molecule has 1 N–H and O–H groups in total. The van der Waals surface area contributed by atoms with E-state index >= 15 is 0 Å². The molecule has 1 aromatic carbocycles. The lowest BCUT2D eigenvalue weighted by Crippen LogP contribution is -2.16. The number of fused-ring (bicyclic) bond motifs is 1. The fraction of sp³-hybridized carbons (Fsp3) is 0.333. The van der Waals surface area contributed by atoms with E-state index in [0.29, 0.717) is 22.6 Å². The maximum atomic E-state index is 12.4. The van der Waals surface area contributed by atoms with Gasteiger partial charge in [-0.1, -0.05) is 12.5 Å². The van der Waals surface area contributed by atoms with Gasteiger partial charge in [-0.3, -0.25) is 10.1 Å². The summed E-state index contributed by atoms with van der Waals surface area (Å²) in [5, 5.41) is 11.8. The van der Waals surface area contributed by atoms with Crippen LogP contribution in [-0.2, 0) is 12.8 Å². The molecule has 0 bridgehead atoms. The molecule has 0 saturated heterocycles. The van der Waals surface area contributed by atoms with Crippen molar-refractivity contribution in [3.05, 3.63) is 52.3 Å². The topological polar surface area (TPSA) is 78.7 Å². The van der Waals surface area contributed by atoms with Crippen LogP contribution in [0.5, 0.6) is 0 Å². The van der Waals surface area contributed by atoms with Crippen LogP contribution in [0, 0.1) is 18.3 Å². The molecular formula is C18H18N4O. The second kappa shape index (κ2) is 6.57. The first-order chi connectivity index (χ1) is 11.2. The molecule has 0 aliphatic heterocycles. The Hall–Kier alpha value is -2.74. The Morgan fingerprint density at radius 1 is 1.26 bits per heavy atom. The lowest BCUT2D eigenvalue weighted by Gasteiger charge is -2.10. The molecule has 5 heteroatoms. The van der Waals surface area contributed by atoms with Gasteiger partial charge in [0, 0.05) is 17.5 Å². The summed E-state index contributed by atoms with van der Waals surface area (Å²) in [6.45, 7) is 1.77. The molecule has 1 heterocycles. The Labute approximate surface area is 135 Å². The summed E-state index contributed by atoms with van der Waals surface area (Å²) >= 11 is 0. The number of hydrogen-bond acceptors (Lipinski definition) is 4. The number of aryl methyl sites for hydroxylation is 2. The van der Waals surface area contributed by atoms with Crippen LogP contribution in [0.3, 0.4) is 0 Å². The third-order valence-electron chi connectivity index (χ3n) is 4.24. The SMILES string of the molecule is Cc1c(C#N)cccc1C(=O)Nc1ncc2c(n1)CCCCC2. The molecular weight excluding hydrogens is 288 g/mol. The number of amides is 1. The summed E-state index contributed by atoms with van der Waals surface area (Å²) in [5.74, 6) is 0.0468. The monoisotopic (exact) mass is 306 g/mol. The molecule has 0 radical (unpaired) electrons. The Morgan fingerprint density at radius 3 is 2.91 bits per heavy atom. The van der Waals surface area contributed by atoms with Crippen molar-refractivity contribution in [2.45, 2.75) is 39.0 Å². The summed E-state index contributed by atoms with van der Waals surface area (Å²) < 4.78 is 0. The van der Waals surface area contributed by atoms with Crippen LogP contribution in [0.25, 0.3) is 0 Å². The third-order valence-corrected chi connectivity index (χ3v) is 4.24. The minimum absolute atomic E-state index is 0.284. The second-order valence-corrected chi connectivity index (χ2v) is 5.77. The summed E-state index contributed by atoms with van der Waals surface area (Å²) in [7, 11) is 0. The van der Waals surface area contributed by atoms with Crippen molar-refractivity contribution < 1.29 is 4.79 Å². The molecule has 0 atom stereocenters. The van der Waals surface area contributed by atoms with E-state index in [0.717, 1.165) is 25.0 Å². The second-order valence-electron chi connectivity index (χ2n) is 5.77. The first-order valence-corrected chi connectivity index (χ1v) is 7.85. The van der Waals surface area contributed by atoms with E-state index in [-0.39, 0.29) is 5.91 Å². The fourth-order valence-electron chi connectivity index (χ4n) is 2.88. The van der Waals surface area contributed by atoms with Crippen LogP contribution in [0.4, 0.5) is 5.95 Å². The largest absolute Gasteiger partial charge is 0.290 e. The normalized spacial score (nSPS) is 13.6. The highest BCUT2D eigenvalue weighted by Gasteiger charge is 2.15. The van der Waals surface area contributed by atoms with E-state index in [9.17, 15) is 4.79 Å². The molecule has 2 aromatic rings. The molecule has 116 valence electrons. The number of aromatic nitrogens is 2. The summed E-state index contributed by atoms with van der Waals surface area (Å²) in [6, 6.07) is 7.20.